The number of fused-ring (bicyclic) bond motifs is 1. The third kappa shape index (κ3) is 4.46. The fourth-order valence-corrected chi connectivity index (χ4v) is 3.72. The van der Waals surface area contributed by atoms with Crippen molar-refractivity contribution >= 4 is 23.2 Å². The molecule has 7 nitrogen and oxygen atoms in total. The van der Waals surface area contributed by atoms with Crippen molar-refractivity contribution in [1.82, 2.24) is 20.0 Å². The summed E-state index contributed by atoms with van der Waals surface area (Å²) in [6.45, 7) is 1.63. The molecule has 0 bridgehead atoms. The normalized spacial score (nSPS) is 16.5. The Kier molecular flexibility index (Phi) is 5.83. The molecule has 3 heterocycles. The van der Waals surface area contributed by atoms with E-state index in [0.29, 0.717) is 26.1 Å². The van der Waals surface area contributed by atoms with Gasteiger partial charge >= 0.3 is 0 Å². The Morgan fingerprint density at radius 1 is 1.44 bits per heavy atom. The SMILES string of the molecule is COCC(=O)N1Cc2ccnn2[C@@H](CC(=O)NCCc2cccs2)C1. The minimum absolute atomic E-state index is 0.0240. The van der Waals surface area contributed by atoms with Gasteiger partial charge in [0.2, 0.25) is 11.8 Å². The fraction of sp³-hybridized carbons (Fsp3) is 0.471. The van der Waals surface area contributed by atoms with Gasteiger partial charge in [-0.05, 0) is 23.9 Å². The number of amides is 2. The molecule has 0 saturated carbocycles. The van der Waals surface area contributed by atoms with Crippen LogP contribution in [0.4, 0.5) is 0 Å². The van der Waals surface area contributed by atoms with Gasteiger partial charge in [0.25, 0.3) is 0 Å². The zero-order valence-corrected chi connectivity index (χ0v) is 15.0. The number of hydrogen-bond acceptors (Lipinski definition) is 5. The number of rotatable bonds is 7. The van der Waals surface area contributed by atoms with E-state index in [0.717, 1.165) is 12.1 Å². The average molecular weight is 362 g/mol. The molecule has 1 aliphatic rings. The summed E-state index contributed by atoms with van der Waals surface area (Å²) in [5.41, 5.74) is 0.937. The molecule has 2 aromatic heterocycles. The van der Waals surface area contributed by atoms with E-state index >= 15 is 0 Å². The lowest BCUT2D eigenvalue weighted by atomic mass is 10.1. The Labute approximate surface area is 150 Å². The highest BCUT2D eigenvalue weighted by Crippen LogP contribution is 2.23. The fourth-order valence-electron chi connectivity index (χ4n) is 3.01. The number of carbonyl (C=O) groups excluding carboxylic acids is 2. The number of methoxy groups -OCH3 is 1. The van der Waals surface area contributed by atoms with Crippen molar-refractivity contribution in [3.05, 3.63) is 40.3 Å². The smallest absolute Gasteiger partial charge is 0.248 e. The Bertz CT molecular complexity index is 713. The molecule has 3 rings (SSSR count). The second-order valence-electron chi connectivity index (χ2n) is 6.01. The van der Waals surface area contributed by atoms with Gasteiger partial charge in [0.1, 0.15) is 6.61 Å². The summed E-state index contributed by atoms with van der Waals surface area (Å²) in [4.78, 5) is 27.4. The van der Waals surface area contributed by atoms with Crippen molar-refractivity contribution in [1.29, 1.82) is 0 Å². The standard InChI is InChI=1S/C17H22N4O3S/c1-24-12-17(23)20-10-13-4-7-19-21(13)14(11-20)9-16(22)18-6-5-15-3-2-8-25-15/h2-4,7-8,14H,5-6,9-12H2,1H3,(H,18,22)/t14-/m0/s1. The van der Waals surface area contributed by atoms with E-state index in [4.69, 9.17) is 4.74 Å². The summed E-state index contributed by atoms with van der Waals surface area (Å²) in [6.07, 6.45) is 2.84. The van der Waals surface area contributed by atoms with Crippen LogP contribution in [0.1, 0.15) is 23.0 Å². The van der Waals surface area contributed by atoms with Crippen molar-refractivity contribution in [2.45, 2.75) is 25.4 Å². The molecular formula is C17H22N4O3S. The first-order chi connectivity index (χ1) is 12.2. The summed E-state index contributed by atoms with van der Waals surface area (Å²) in [7, 11) is 1.50. The molecular weight excluding hydrogens is 340 g/mol. The number of nitrogens with one attached hydrogen (secondary N) is 1. The van der Waals surface area contributed by atoms with E-state index in [1.54, 1.807) is 22.4 Å². The van der Waals surface area contributed by atoms with E-state index < -0.39 is 0 Å². The molecule has 0 aliphatic carbocycles. The van der Waals surface area contributed by atoms with Gasteiger partial charge in [0, 0.05) is 31.3 Å². The van der Waals surface area contributed by atoms with Gasteiger partial charge in [-0.15, -0.1) is 11.3 Å². The highest BCUT2D eigenvalue weighted by atomic mass is 32.1. The van der Waals surface area contributed by atoms with Gasteiger partial charge in [-0.1, -0.05) is 6.07 Å². The van der Waals surface area contributed by atoms with Crippen molar-refractivity contribution in [2.24, 2.45) is 0 Å². The maximum Gasteiger partial charge on any atom is 0.248 e. The number of aromatic nitrogens is 2. The predicted molar refractivity (Wildman–Crippen MR) is 94.2 cm³/mol. The molecule has 2 aromatic rings. The second-order valence-corrected chi connectivity index (χ2v) is 7.04. The first-order valence-corrected chi connectivity index (χ1v) is 9.13. The van der Waals surface area contributed by atoms with Gasteiger partial charge in [-0.3, -0.25) is 14.3 Å². The number of hydrogen-bond donors (Lipinski definition) is 1. The molecule has 0 saturated heterocycles. The second kappa shape index (κ2) is 8.26. The van der Waals surface area contributed by atoms with Gasteiger partial charge in [0.05, 0.1) is 24.7 Å². The summed E-state index contributed by atoms with van der Waals surface area (Å²) in [6, 6.07) is 5.80. The first kappa shape index (κ1) is 17.6. The van der Waals surface area contributed by atoms with E-state index in [1.165, 1.54) is 12.0 Å². The minimum Gasteiger partial charge on any atom is -0.375 e. The zero-order valence-electron chi connectivity index (χ0n) is 14.2. The number of carbonyl (C=O) groups is 2. The van der Waals surface area contributed by atoms with Crippen molar-refractivity contribution in [2.75, 3.05) is 26.8 Å². The molecule has 1 aliphatic heterocycles. The lowest BCUT2D eigenvalue weighted by molar-refractivity contribution is -0.138. The Hall–Kier alpha value is -2.19. The topological polar surface area (TPSA) is 76.5 Å². The summed E-state index contributed by atoms with van der Waals surface area (Å²) in [5.74, 6) is -0.0953. The van der Waals surface area contributed by atoms with E-state index in [2.05, 4.69) is 16.5 Å². The Morgan fingerprint density at radius 3 is 3.08 bits per heavy atom. The maximum absolute atomic E-state index is 12.3. The van der Waals surface area contributed by atoms with Crippen LogP contribution in [0.25, 0.3) is 0 Å². The number of nitrogens with zero attached hydrogens (tertiary/aromatic N) is 3. The molecule has 0 spiro atoms. The van der Waals surface area contributed by atoms with E-state index in [1.807, 2.05) is 22.2 Å². The number of ether oxygens (including phenoxy) is 1. The lowest BCUT2D eigenvalue weighted by Gasteiger charge is -2.33. The quantitative estimate of drug-likeness (QED) is 0.804. The van der Waals surface area contributed by atoms with E-state index in [-0.39, 0.29) is 24.5 Å². The van der Waals surface area contributed by atoms with Gasteiger partial charge in [-0.2, -0.15) is 5.10 Å². The van der Waals surface area contributed by atoms with Crippen molar-refractivity contribution < 1.29 is 14.3 Å². The molecule has 0 fully saturated rings. The zero-order chi connectivity index (χ0) is 17.6. The molecule has 134 valence electrons. The van der Waals surface area contributed by atoms with Crippen molar-refractivity contribution in [3.63, 3.8) is 0 Å². The third-order valence-corrected chi connectivity index (χ3v) is 5.13. The molecule has 1 atom stereocenters. The molecule has 0 unspecified atom stereocenters. The van der Waals surface area contributed by atoms with Crippen LogP contribution in [0.2, 0.25) is 0 Å². The summed E-state index contributed by atoms with van der Waals surface area (Å²) < 4.78 is 6.80. The molecule has 0 aromatic carbocycles. The van der Waals surface area contributed by atoms with Crippen molar-refractivity contribution in [3.8, 4) is 0 Å². The van der Waals surface area contributed by atoms with Crippen LogP contribution in [-0.4, -0.2) is 53.3 Å². The third-order valence-electron chi connectivity index (χ3n) is 4.20. The van der Waals surface area contributed by atoms with Crippen LogP contribution in [0, 0.1) is 0 Å². The molecule has 25 heavy (non-hydrogen) atoms. The Balaban J connectivity index is 1.56. The minimum atomic E-state index is -0.152. The van der Waals surface area contributed by atoms with Gasteiger partial charge in [-0.25, -0.2) is 0 Å². The molecule has 0 radical (unpaired) electrons. The van der Waals surface area contributed by atoms with Crippen LogP contribution in [0.15, 0.2) is 29.8 Å². The van der Waals surface area contributed by atoms with Gasteiger partial charge < -0.3 is 15.0 Å². The van der Waals surface area contributed by atoms with E-state index in [9.17, 15) is 9.59 Å². The van der Waals surface area contributed by atoms with Crippen LogP contribution in [0.5, 0.6) is 0 Å². The van der Waals surface area contributed by atoms with Crippen LogP contribution < -0.4 is 5.32 Å². The monoisotopic (exact) mass is 362 g/mol. The van der Waals surface area contributed by atoms with Crippen LogP contribution >= 0.6 is 11.3 Å². The molecule has 8 heteroatoms. The average Bonchev–Trinajstić information content (AvgIpc) is 3.26. The van der Waals surface area contributed by atoms with Crippen LogP contribution in [0.3, 0.4) is 0 Å². The van der Waals surface area contributed by atoms with Gasteiger partial charge in [0.15, 0.2) is 0 Å². The maximum atomic E-state index is 12.3. The first-order valence-electron chi connectivity index (χ1n) is 8.25. The summed E-state index contributed by atoms with van der Waals surface area (Å²) >= 11 is 1.69. The highest BCUT2D eigenvalue weighted by Gasteiger charge is 2.29. The largest absolute Gasteiger partial charge is 0.375 e. The predicted octanol–water partition coefficient (Wildman–Crippen LogP) is 1.22. The Morgan fingerprint density at radius 2 is 2.32 bits per heavy atom. The number of thiophene rings is 1. The molecule has 2 amide bonds. The van der Waals surface area contributed by atoms with Crippen LogP contribution in [-0.2, 0) is 27.3 Å². The summed E-state index contributed by atoms with van der Waals surface area (Å²) in [5, 5.41) is 9.31. The lowest BCUT2D eigenvalue weighted by Crippen LogP contribution is -2.44. The molecule has 1 N–H and O–H groups in total. The highest BCUT2D eigenvalue weighted by molar-refractivity contribution is 7.09.